The highest BCUT2D eigenvalue weighted by Crippen LogP contribution is 2.32. The van der Waals surface area contributed by atoms with Crippen LogP contribution in [-0.2, 0) is 11.2 Å². The summed E-state index contributed by atoms with van der Waals surface area (Å²) in [6, 6.07) is 9.61. The first-order chi connectivity index (χ1) is 12.1. The summed E-state index contributed by atoms with van der Waals surface area (Å²) in [5, 5.41) is 3.06. The molecule has 2 aromatic rings. The first-order valence-corrected chi connectivity index (χ1v) is 8.57. The number of carbonyl (C=O) groups excluding carboxylic acids is 1. The zero-order chi connectivity index (χ0) is 17.8. The van der Waals surface area contributed by atoms with E-state index in [4.69, 9.17) is 4.74 Å². The van der Waals surface area contributed by atoms with Crippen molar-refractivity contribution < 1.29 is 9.53 Å². The fraction of sp³-hybridized carbons (Fsp3) is 0.421. The molecule has 1 aromatic carbocycles. The number of rotatable bonds is 5. The second kappa shape index (κ2) is 7.51. The quantitative estimate of drug-likeness (QED) is 0.906. The number of aryl methyl sites for hydroxylation is 1. The van der Waals surface area contributed by atoms with Crippen LogP contribution in [0.3, 0.4) is 0 Å². The summed E-state index contributed by atoms with van der Waals surface area (Å²) in [7, 11) is 3.47. The average Bonchev–Trinajstić information content (AvgIpc) is 3.11. The molecule has 0 aliphatic carbocycles. The number of methoxy groups -OCH3 is 1. The van der Waals surface area contributed by atoms with Crippen molar-refractivity contribution in [3.63, 3.8) is 0 Å². The van der Waals surface area contributed by atoms with Crippen molar-refractivity contribution in [2.75, 3.05) is 26.0 Å². The van der Waals surface area contributed by atoms with E-state index in [0.29, 0.717) is 12.2 Å². The van der Waals surface area contributed by atoms with Crippen LogP contribution >= 0.6 is 0 Å². The molecule has 1 saturated heterocycles. The van der Waals surface area contributed by atoms with E-state index in [1.54, 1.807) is 7.11 Å². The number of hydrogen-bond acceptors (Lipinski definition) is 5. The summed E-state index contributed by atoms with van der Waals surface area (Å²) in [4.78, 5) is 23.8. The van der Waals surface area contributed by atoms with E-state index in [2.05, 4.69) is 15.3 Å². The van der Waals surface area contributed by atoms with Gasteiger partial charge in [0.25, 0.3) is 0 Å². The number of para-hydroxylation sites is 1. The summed E-state index contributed by atoms with van der Waals surface area (Å²) >= 11 is 0. The second-order valence-electron chi connectivity index (χ2n) is 6.21. The number of nitrogens with zero attached hydrogens (tertiary/aromatic N) is 3. The molecule has 1 aromatic heterocycles. The molecule has 1 unspecified atom stereocenters. The zero-order valence-corrected chi connectivity index (χ0v) is 15.0. The highest BCUT2D eigenvalue weighted by Gasteiger charge is 2.31. The summed E-state index contributed by atoms with van der Waals surface area (Å²) in [5.41, 5.74) is 1.82. The van der Waals surface area contributed by atoms with Gasteiger partial charge >= 0.3 is 0 Å². The van der Waals surface area contributed by atoms with Crippen LogP contribution in [0.1, 0.15) is 36.0 Å². The molecule has 6 nitrogen and oxygen atoms in total. The molecule has 6 heteroatoms. The van der Waals surface area contributed by atoms with Gasteiger partial charge in [-0.15, -0.1) is 0 Å². The van der Waals surface area contributed by atoms with E-state index in [1.807, 2.05) is 49.2 Å². The molecule has 25 heavy (non-hydrogen) atoms. The molecular weight excluding hydrogens is 316 g/mol. The van der Waals surface area contributed by atoms with Gasteiger partial charge in [0.15, 0.2) is 0 Å². The Hall–Kier alpha value is -2.63. The third kappa shape index (κ3) is 3.73. The fourth-order valence-electron chi connectivity index (χ4n) is 3.38. The number of amides is 1. The van der Waals surface area contributed by atoms with Crippen molar-refractivity contribution in [1.29, 1.82) is 0 Å². The van der Waals surface area contributed by atoms with Crippen molar-refractivity contribution in [2.24, 2.45) is 0 Å². The minimum atomic E-state index is 0.0102. The first kappa shape index (κ1) is 17.2. The van der Waals surface area contributed by atoms with Crippen LogP contribution in [0, 0.1) is 6.92 Å². The highest BCUT2D eigenvalue weighted by atomic mass is 16.5. The van der Waals surface area contributed by atoms with Crippen molar-refractivity contribution in [3.05, 3.63) is 47.4 Å². The van der Waals surface area contributed by atoms with Gasteiger partial charge in [-0.05, 0) is 25.8 Å². The van der Waals surface area contributed by atoms with Gasteiger partial charge in [0, 0.05) is 25.2 Å². The van der Waals surface area contributed by atoms with E-state index in [-0.39, 0.29) is 11.9 Å². The standard InChI is InChI=1S/C19H24N4O2/c1-13-21-15(12-18(20-2)22-13)16-8-6-10-23(16)19(24)11-14-7-4-5-9-17(14)25-3/h4-5,7,9,12,16H,6,8,10-11H2,1-3H3,(H,20,21,22). The molecule has 132 valence electrons. The molecule has 3 rings (SSSR count). The van der Waals surface area contributed by atoms with Crippen LogP contribution in [0.25, 0.3) is 0 Å². The van der Waals surface area contributed by atoms with E-state index < -0.39 is 0 Å². The highest BCUT2D eigenvalue weighted by molar-refractivity contribution is 5.80. The lowest BCUT2D eigenvalue weighted by Gasteiger charge is -2.25. The molecule has 1 fully saturated rings. The summed E-state index contributed by atoms with van der Waals surface area (Å²) in [5.74, 6) is 2.36. The van der Waals surface area contributed by atoms with E-state index >= 15 is 0 Å². The summed E-state index contributed by atoms with van der Waals surface area (Å²) in [6.45, 7) is 2.64. The van der Waals surface area contributed by atoms with Crippen LogP contribution in [0.4, 0.5) is 5.82 Å². The van der Waals surface area contributed by atoms with Crippen molar-refractivity contribution in [2.45, 2.75) is 32.2 Å². The first-order valence-electron chi connectivity index (χ1n) is 8.57. The van der Waals surface area contributed by atoms with Gasteiger partial charge in [0.2, 0.25) is 5.91 Å². The molecule has 0 saturated carbocycles. The Kier molecular flexibility index (Phi) is 5.16. The minimum absolute atomic E-state index is 0.0102. The Morgan fingerprint density at radius 2 is 2.16 bits per heavy atom. The molecule has 0 radical (unpaired) electrons. The van der Waals surface area contributed by atoms with E-state index in [0.717, 1.165) is 42.2 Å². The maximum Gasteiger partial charge on any atom is 0.227 e. The van der Waals surface area contributed by atoms with Crippen LogP contribution in [0.2, 0.25) is 0 Å². The van der Waals surface area contributed by atoms with Crippen molar-refractivity contribution in [1.82, 2.24) is 14.9 Å². The third-order valence-corrected chi connectivity index (χ3v) is 4.56. The molecular formula is C19H24N4O2. The Balaban J connectivity index is 1.81. The van der Waals surface area contributed by atoms with Crippen molar-refractivity contribution in [3.8, 4) is 5.75 Å². The zero-order valence-electron chi connectivity index (χ0n) is 15.0. The molecule has 1 N–H and O–H groups in total. The predicted octanol–water partition coefficient (Wildman–Crippen LogP) is 2.74. The van der Waals surface area contributed by atoms with Gasteiger partial charge in [-0.25, -0.2) is 9.97 Å². The smallest absolute Gasteiger partial charge is 0.227 e. The average molecular weight is 340 g/mol. The maximum atomic E-state index is 12.9. The molecule has 0 spiro atoms. The Labute approximate surface area is 148 Å². The summed E-state index contributed by atoms with van der Waals surface area (Å²) in [6.07, 6.45) is 2.25. The SMILES string of the molecule is CNc1cc(C2CCCN2C(=O)Cc2ccccc2OC)nc(C)n1. The lowest BCUT2D eigenvalue weighted by Crippen LogP contribution is -2.32. The van der Waals surface area contributed by atoms with Crippen LogP contribution in [0.15, 0.2) is 30.3 Å². The fourth-order valence-corrected chi connectivity index (χ4v) is 3.38. The monoisotopic (exact) mass is 340 g/mol. The van der Waals surface area contributed by atoms with Gasteiger partial charge < -0.3 is 15.0 Å². The lowest BCUT2D eigenvalue weighted by molar-refractivity contribution is -0.131. The van der Waals surface area contributed by atoms with Crippen molar-refractivity contribution >= 4 is 11.7 Å². The van der Waals surface area contributed by atoms with Crippen LogP contribution in [0.5, 0.6) is 5.75 Å². The Bertz CT molecular complexity index is 763. The van der Waals surface area contributed by atoms with E-state index in [1.165, 1.54) is 0 Å². The number of likely N-dealkylation sites (tertiary alicyclic amines) is 1. The Morgan fingerprint density at radius 1 is 1.36 bits per heavy atom. The van der Waals surface area contributed by atoms with E-state index in [9.17, 15) is 4.79 Å². The molecule has 1 atom stereocenters. The van der Waals surface area contributed by atoms with Gasteiger partial charge in [-0.2, -0.15) is 0 Å². The molecule has 2 heterocycles. The van der Waals surface area contributed by atoms with Gasteiger partial charge in [-0.1, -0.05) is 18.2 Å². The normalized spacial score (nSPS) is 16.8. The molecule has 1 aliphatic heterocycles. The summed E-state index contributed by atoms with van der Waals surface area (Å²) < 4.78 is 5.37. The number of benzene rings is 1. The largest absolute Gasteiger partial charge is 0.496 e. The molecule has 1 aliphatic rings. The predicted molar refractivity (Wildman–Crippen MR) is 96.7 cm³/mol. The second-order valence-corrected chi connectivity index (χ2v) is 6.21. The number of nitrogens with one attached hydrogen (secondary N) is 1. The van der Waals surface area contributed by atoms with Gasteiger partial charge in [0.1, 0.15) is 17.4 Å². The third-order valence-electron chi connectivity index (χ3n) is 4.56. The molecule has 1 amide bonds. The maximum absolute atomic E-state index is 12.9. The number of anilines is 1. The van der Waals surface area contributed by atoms with Gasteiger partial charge in [-0.3, -0.25) is 4.79 Å². The number of aromatic nitrogens is 2. The van der Waals surface area contributed by atoms with Gasteiger partial charge in [0.05, 0.1) is 25.3 Å². The number of ether oxygens (including phenoxy) is 1. The number of carbonyl (C=O) groups is 1. The van der Waals surface area contributed by atoms with Crippen LogP contribution < -0.4 is 10.1 Å². The lowest BCUT2D eigenvalue weighted by atomic mass is 10.1. The van der Waals surface area contributed by atoms with Crippen LogP contribution in [-0.4, -0.2) is 41.5 Å². The Morgan fingerprint density at radius 3 is 2.92 bits per heavy atom. The number of hydrogen-bond donors (Lipinski definition) is 1. The topological polar surface area (TPSA) is 67.4 Å². The minimum Gasteiger partial charge on any atom is -0.496 e. The molecule has 0 bridgehead atoms.